The molecule has 0 radical (unpaired) electrons. The molecule has 1 aromatic rings. The number of aliphatic imine (C=N–C) groups is 2. The fourth-order valence-corrected chi connectivity index (χ4v) is 1.97. The summed E-state index contributed by atoms with van der Waals surface area (Å²) in [4.78, 5) is 20.7. The minimum atomic E-state index is -1.02. The highest BCUT2D eigenvalue weighted by Gasteiger charge is 2.32. The van der Waals surface area contributed by atoms with Gasteiger partial charge in [0.2, 0.25) is 5.78 Å². The third kappa shape index (κ3) is 1.93. The lowest BCUT2D eigenvalue weighted by molar-refractivity contribution is 0.0947. The zero-order valence-electron chi connectivity index (χ0n) is 9.85. The maximum absolute atomic E-state index is 12.1. The second-order valence-electron chi connectivity index (χ2n) is 4.12. The maximum atomic E-state index is 12.1. The van der Waals surface area contributed by atoms with E-state index in [1.165, 1.54) is 12.3 Å². The van der Waals surface area contributed by atoms with Crippen molar-refractivity contribution in [1.29, 1.82) is 5.26 Å². The Morgan fingerprint density at radius 1 is 1.47 bits per heavy atom. The highest BCUT2D eigenvalue weighted by molar-refractivity contribution is 6.20. The summed E-state index contributed by atoms with van der Waals surface area (Å²) < 4.78 is 5.02. The third-order valence-corrected chi connectivity index (χ3v) is 2.90. The number of allylic oxidation sites excluding steroid dienone is 2. The number of ketones is 1. The lowest BCUT2D eigenvalue weighted by Crippen LogP contribution is -2.20. The highest BCUT2D eigenvalue weighted by Crippen LogP contribution is 2.19. The van der Waals surface area contributed by atoms with Crippen LogP contribution in [0.15, 0.2) is 57.1 Å². The van der Waals surface area contributed by atoms with E-state index < -0.39 is 11.7 Å². The summed E-state index contributed by atoms with van der Waals surface area (Å²) in [5.41, 5.74) is 0.755. The first-order chi connectivity index (χ1) is 9.29. The van der Waals surface area contributed by atoms with Gasteiger partial charge in [-0.05, 0) is 18.2 Å². The van der Waals surface area contributed by atoms with Gasteiger partial charge in [0.1, 0.15) is 11.9 Å². The smallest absolute Gasteiger partial charge is 0.222 e. The summed E-state index contributed by atoms with van der Waals surface area (Å²) in [7, 11) is 0. The Bertz CT molecular complexity index is 672. The minimum Gasteiger partial charge on any atom is -0.461 e. The largest absolute Gasteiger partial charge is 0.461 e. The molecule has 1 aliphatic carbocycles. The van der Waals surface area contributed by atoms with E-state index in [9.17, 15) is 10.1 Å². The van der Waals surface area contributed by atoms with Gasteiger partial charge in [0, 0.05) is 0 Å². The van der Waals surface area contributed by atoms with Crippen LogP contribution in [-0.2, 0) is 0 Å². The lowest BCUT2D eigenvalue weighted by Gasteiger charge is -2.03. The molecule has 0 aromatic carbocycles. The molecule has 2 heterocycles. The predicted molar refractivity (Wildman–Crippen MR) is 69.1 cm³/mol. The van der Waals surface area contributed by atoms with Crippen molar-refractivity contribution >= 4 is 17.3 Å². The molecule has 1 aliphatic heterocycles. The second-order valence-corrected chi connectivity index (χ2v) is 4.12. The Kier molecular flexibility index (Phi) is 2.69. The van der Waals surface area contributed by atoms with Gasteiger partial charge in [0.05, 0.1) is 18.0 Å². The van der Waals surface area contributed by atoms with Gasteiger partial charge < -0.3 is 4.42 Å². The highest BCUT2D eigenvalue weighted by atomic mass is 16.3. The van der Waals surface area contributed by atoms with Gasteiger partial charge in [0.25, 0.3) is 0 Å². The van der Waals surface area contributed by atoms with Crippen LogP contribution >= 0.6 is 0 Å². The molecule has 0 N–H and O–H groups in total. The Hall–Kier alpha value is -2.74. The molecule has 3 rings (SSSR count). The van der Waals surface area contributed by atoms with Crippen molar-refractivity contribution in [1.82, 2.24) is 0 Å². The summed E-state index contributed by atoms with van der Waals surface area (Å²) in [5.74, 6) is -1.04. The summed E-state index contributed by atoms with van der Waals surface area (Å²) in [5, 5.41) is 9.19. The molecule has 5 nitrogen and oxygen atoms in total. The molecule has 2 atom stereocenters. The van der Waals surface area contributed by atoms with Gasteiger partial charge in [-0.3, -0.25) is 9.79 Å². The number of hydrogen-bond donors (Lipinski definition) is 0. The van der Waals surface area contributed by atoms with E-state index in [1.807, 2.05) is 30.4 Å². The molecule has 2 aliphatic rings. The van der Waals surface area contributed by atoms with Gasteiger partial charge in [-0.25, -0.2) is 4.99 Å². The van der Waals surface area contributed by atoms with Crippen LogP contribution in [0.5, 0.6) is 0 Å². The zero-order chi connectivity index (χ0) is 13.2. The number of carbonyl (C=O) groups is 1. The summed E-state index contributed by atoms with van der Waals surface area (Å²) in [6.45, 7) is 0. The van der Waals surface area contributed by atoms with Gasteiger partial charge in [-0.15, -0.1) is 0 Å². The van der Waals surface area contributed by atoms with E-state index in [-0.39, 0.29) is 17.6 Å². The number of Topliss-reactive ketones (excluding diaryl/α,β-unsaturated/α-hetero) is 1. The summed E-state index contributed by atoms with van der Waals surface area (Å²) in [6, 6.07) is 4.90. The molecular weight excluding hydrogens is 242 g/mol. The molecule has 0 fully saturated rings. The summed E-state index contributed by atoms with van der Waals surface area (Å²) >= 11 is 0. The van der Waals surface area contributed by atoms with E-state index in [2.05, 4.69) is 9.98 Å². The van der Waals surface area contributed by atoms with E-state index >= 15 is 0 Å². The van der Waals surface area contributed by atoms with E-state index in [0.717, 1.165) is 5.71 Å². The van der Waals surface area contributed by atoms with E-state index in [1.54, 1.807) is 6.07 Å². The normalized spacial score (nSPS) is 21.3. The van der Waals surface area contributed by atoms with Crippen LogP contribution in [0.4, 0.5) is 0 Å². The maximum Gasteiger partial charge on any atom is 0.222 e. The first kappa shape index (κ1) is 11.4. The number of hydrogen-bond acceptors (Lipinski definition) is 5. The number of fused-ring (bicyclic) bond motifs is 1. The molecule has 0 amide bonds. The lowest BCUT2D eigenvalue weighted by atomic mass is 10.0. The molecular formula is C14H9N3O2. The zero-order valence-corrected chi connectivity index (χ0v) is 9.85. The Morgan fingerprint density at radius 2 is 2.37 bits per heavy atom. The number of rotatable bonds is 3. The van der Waals surface area contributed by atoms with Crippen LogP contribution < -0.4 is 0 Å². The van der Waals surface area contributed by atoms with Crippen molar-refractivity contribution in [3.05, 3.63) is 48.5 Å². The number of furan rings is 1. The van der Waals surface area contributed by atoms with E-state index in [0.29, 0.717) is 0 Å². The number of carbonyl (C=O) groups excluding carboxylic acids is 1. The predicted octanol–water partition coefficient (Wildman–Crippen LogP) is 1.95. The fraction of sp³-hybridized carbons (Fsp3) is 0.143. The molecule has 1 aromatic heterocycles. The number of amidine groups is 1. The van der Waals surface area contributed by atoms with Crippen LogP contribution in [0.25, 0.3) is 0 Å². The molecule has 92 valence electrons. The SMILES string of the molecule is N#CC(C(=O)c1ccco1)C1=NC2C=CC=CC2=N1. The Labute approximate surface area is 109 Å². The van der Waals surface area contributed by atoms with Crippen molar-refractivity contribution in [2.45, 2.75) is 6.04 Å². The van der Waals surface area contributed by atoms with Crippen LogP contribution in [-0.4, -0.2) is 23.4 Å². The molecule has 2 unspecified atom stereocenters. The van der Waals surface area contributed by atoms with Gasteiger partial charge >= 0.3 is 0 Å². The van der Waals surface area contributed by atoms with Crippen molar-refractivity contribution in [3.8, 4) is 6.07 Å². The van der Waals surface area contributed by atoms with Crippen molar-refractivity contribution < 1.29 is 9.21 Å². The first-order valence-electron chi connectivity index (χ1n) is 5.78. The quantitative estimate of drug-likeness (QED) is 0.770. The number of nitrogens with zero attached hydrogens (tertiary/aromatic N) is 3. The van der Waals surface area contributed by atoms with Crippen LogP contribution in [0.1, 0.15) is 10.6 Å². The Balaban J connectivity index is 1.91. The average molecular weight is 251 g/mol. The molecule has 5 heteroatoms. The monoisotopic (exact) mass is 251 g/mol. The van der Waals surface area contributed by atoms with Crippen molar-refractivity contribution in [2.75, 3.05) is 0 Å². The third-order valence-electron chi connectivity index (χ3n) is 2.90. The number of nitriles is 1. The molecule has 0 saturated heterocycles. The second kappa shape index (κ2) is 4.50. The van der Waals surface area contributed by atoms with Crippen molar-refractivity contribution in [2.24, 2.45) is 15.9 Å². The van der Waals surface area contributed by atoms with Crippen LogP contribution in [0.2, 0.25) is 0 Å². The summed E-state index contributed by atoms with van der Waals surface area (Å²) in [6.07, 6.45) is 8.81. The average Bonchev–Trinajstić information content (AvgIpc) is 3.08. The molecule has 0 saturated carbocycles. The fourth-order valence-electron chi connectivity index (χ4n) is 1.97. The Morgan fingerprint density at radius 3 is 3.05 bits per heavy atom. The van der Waals surface area contributed by atoms with Gasteiger partial charge in [-0.2, -0.15) is 5.26 Å². The molecule has 0 bridgehead atoms. The topological polar surface area (TPSA) is 78.7 Å². The van der Waals surface area contributed by atoms with Crippen molar-refractivity contribution in [3.63, 3.8) is 0 Å². The molecule has 0 spiro atoms. The van der Waals surface area contributed by atoms with Crippen LogP contribution in [0.3, 0.4) is 0 Å². The first-order valence-corrected chi connectivity index (χ1v) is 5.78. The van der Waals surface area contributed by atoms with E-state index in [4.69, 9.17) is 4.42 Å². The minimum absolute atomic E-state index is 0.149. The van der Waals surface area contributed by atoms with Gasteiger partial charge in [0.15, 0.2) is 11.7 Å². The molecule has 19 heavy (non-hydrogen) atoms. The van der Waals surface area contributed by atoms with Gasteiger partial charge in [-0.1, -0.05) is 18.2 Å². The standard InChI is InChI=1S/C14H9N3O2/c15-8-9(13(18)12-6-3-7-19-12)14-16-10-4-1-2-5-11(10)17-14/h1-7,9-10H. The van der Waals surface area contributed by atoms with Crippen LogP contribution in [0, 0.1) is 17.2 Å².